The molecule has 1 heterocycles. The molecule has 10 heteroatoms. The van der Waals surface area contributed by atoms with Crippen LogP contribution in [0.3, 0.4) is 0 Å². The molecule has 1 fully saturated rings. The lowest BCUT2D eigenvalue weighted by Crippen LogP contribution is -2.33. The van der Waals surface area contributed by atoms with Gasteiger partial charge in [0, 0.05) is 25.2 Å². The first kappa shape index (κ1) is 24.1. The molecule has 33 heavy (non-hydrogen) atoms. The number of thiazole rings is 1. The number of sulfonamides is 1. The summed E-state index contributed by atoms with van der Waals surface area (Å²) in [5.74, 6) is -0.219. The van der Waals surface area contributed by atoms with Gasteiger partial charge in [0.05, 0.1) is 14.6 Å². The summed E-state index contributed by atoms with van der Waals surface area (Å²) in [7, 11) is 2.02. The molecule has 1 aromatic heterocycles. The summed E-state index contributed by atoms with van der Waals surface area (Å²) in [6, 6.07) is 11.8. The summed E-state index contributed by atoms with van der Waals surface area (Å²) in [5, 5.41) is 1.12. The van der Waals surface area contributed by atoms with Crippen LogP contribution in [0.1, 0.15) is 29.6 Å². The van der Waals surface area contributed by atoms with Crippen molar-refractivity contribution in [2.24, 2.45) is 0 Å². The fraction of sp³-hybridized carbons (Fsp3) is 0.391. The molecule has 176 valence electrons. The number of fused-ring (bicyclic) bond motifs is 1. The van der Waals surface area contributed by atoms with E-state index in [2.05, 4.69) is 9.88 Å². The van der Waals surface area contributed by atoms with Gasteiger partial charge in [-0.05, 0) is 76.3 Å². The van der Waals surface area contributed by atoms with Gasteiger partial charge >= 0.3 is 0 Å². The number of nitrogens with zero attached hydrogens (tertiary/aromatic N) is 4. The number of benzene rings is 2. The Morgan fingerprint density at radius 2 is 1.79 bits per heavy atom. The Kier molecular flexibility index (Phi) is 7.07. The molecule has 1 aliphatic rings. The maximum atomic E-state index is 13.5. The number of halogens is 1. The van der Waals surface area contributed by atoms with E-state index in [0.717, 1.165) is 30.5 Å². The third kappa shape index (κ3) is 5.22. The second kappa shape index (κ2) is 9.68. The molecule has 0 spiro atoms. The summed E-state index contributed by atoms with van der Waals surface area (Å²) in [5.41, 5.74) is 1.09. The highest BCUT2D eigenvalue weighted by molar-refractivity contribution is 7.89. The van der Waals surface area contributed by atoms with Crippen molar-refractivity contribution in [3.05, 3.63) is 53.1 Å². The number of carbonyl (C=O) groups excluding carboxylic acids is 1. The minimum absolute atomic E-state index is 0.0781. The third-order valence-electron chi connectivity index (χ3n) is 5.66. The van der Waals surface area contributed by atoms with Crippen molar-refractivity contribution in [1.29, 1.82) is 0 Å². The van der Waals surface area contributed by atoms with Crippen molar-refractivity contribution in [3.63, 3.8) is 0 Å². The lowest BCUT2D eigenvalue weighted by Gasteiger charge is -2.21. The highest BCUT2D eigenvalue weighted by Gasteiger charge is 2.35. The van der Waals surface area contributed by atoms with E-state index < -0.39 is 10.0 Å². The van der Waals surface area contributed by atoms with Gasteiger partial charge in [0.2, 0.25) is 10.0 Å². The number of rotatable bonds is 9. The molecule has 0 radical (unpaired) electrons. The average molecular weight is 507 g/mol. The van der Waals surface area contributed by atoms with E-state index in [1.807, 2.05) is 26.2 Å². The molecule has 1 aliphatic carbocycles. The Bertz CT molecular complexity index is 1250. The molecule has 0 aliphatic heterocycles. The van der Waals surface area contributed by atoms with Crippen LogP contribution < -0.4 is 4.90 Å². The van der Waals surface area contributed by atoms with Gasteiger partial charge in [0.1, 0.15) is 5.52 Å². The number of hydrogen-bond acceptors (Lipinski definition) is 6. The van der Waals surface area contributed by atoms with Crippen LogP contribution in [-0.4, -0.2) is 68.8 Å². The summed E-state index contributed by atoms with van der Waals surface area (Å²) in [6.45, 7) is 1.30. The summed E-state index contributed by atoms with van der Waals surface area (Å²) >= 11 is 7.72. The summed E-state index contributed by atoms with van der Waals surface area (Å²) in [6.07, 6.45) is 2.54. The smallest absolute Gasteiger partial charge is 0.260 e. The van der Waals surface area contributed by atoms with Crippen molar-refractivity contribution >= 4 is 54.2 Å². The molecular formula is C23H27ClN4O3S2. The van der Waals surface area contributed by atoms with Gasteiger partial charge in [0.15, 0.2) is 5.13 Å². The standard InChI is InChI=1S/C23H27ClN4O3S2/c1-26(2)14-5-15-28(23-25-21-19(24)6-4-7-20(21)32-23)22(29)16-8-12-18(13-9-16)33(30,31)27(3)17-10-11-17/h4,6-9,12-13,17H,5,10-11,14-15H2,1-3H3. The first-order valence-corrected chi connectivity index (χ1v) is 13.4. The number of para-hydroxylation sites is 1. The minimum atomic E-state index is -3.56. The Hall–Kier alpha value is -2.04. The Morgan fingerprint density at radius 3 is 2.39 bits per heavy atom. The molecular weight excluding hydrogens is 480 g/mol. The lowest BCUT2D eigenvalue weighted by molar-refractivity contribution is 0.0986. The van der Waals surface area contributed by atoms with Crippen molar-refractivity contribution in [3.8, 4) is 0 Å². The van der Waals surface area contributed by atoms with Gasteiger partial charge in [-0.15, -0.1) is 0 Å². The van der Waals surface area contributed by atoms with Crippen molar-refractivity contribution in [2.45, 2.75) is 30.2 Å². The summed E-state index contributed by atoms with van der Waals surface area (Å²) in [4.78, 5) is 22.0. The molecule has 0 saturated heterocycles. The van der Waals surface area contributed by atoms with Crippen LogP contribution in [0.15, 0.2) is 47.4 Å². The SMILES string of the molecule is CN(C)CCCN(C(=O)c1ccc(S(=O)(=O)N(C)C2CC2)cc1)c1nc2c(Cl)cccc2s1. The molecule has 4 rings (SSSR count). The quantitative estimate of drug-likeness (QED) is 0.432. The molecule has 3 aromatic rings. The predicted octanol–water partition coefficient (Wildman–Crippen LogP) is 4.33. The molecule has 0 atom stereocenters. The van der Waals surface area contributed by atoms with Crippen LogP contribution >= 0.6 is 22.9 Å². The Morgan fingerprint density at radius 1 is 1.09 bits per heavy atom. The molecule has 2 aromatic carbocycles. The highest BCUT2D eigenvalue weighted by atomic mass is 35.5. The van der Waals surface area contributed by atoms with E-state index in [0.29, 0.717) is 27.8 Å². The third-order valence-corrected chi connectivity index (χ3v) is 8.93. The molecule has 0 N–H and O–H groups in total. The zero-order valence-corrected chi connectivity index (χ0v) is 21.3. The molecule has 0 unspecified atom stereocenters. The first-order valence-electron chi connectivity index (χ1n) is 10.8. The van der Waals surface area contributed by atoms with Crippen molar-refractivity contribution in [1.82, 2.24) is 14.2 Å². The maximum Gasteiger partial charge on any atom is 0.260 e. The van der Waals surface area contributed by atoms with Crippen molar-refractivity contribution in [2.75, 3.05) is 39.1 Å². The monoisotopic (exact) mass is 506 g/mol. The largest absolute Gasteiger partial charge is 0.309 e. The zero-order chi connectivity index (χ0) is 23.8. The number of amides is 1. The van der Waals surface area contributed by atoms with E-state index in [9.17, 15) is 13.2 Å². The fourth-order valence-electron chi connectivity index (χ4n) is 3.57. The van der Waals surface area contributed by atoms with E-state index >= 15 is 0 Å². The highest BCUT2D eigenvalue weighted by Crippen LogP contribution is 2.34. The normalized spacial score (nSPS) is 14.4. The first-order chi connectivity index (χ1) is 15.7. The van der Waals surface area contributed by atoms with Crippen LogP contribution in [0.25, 0.3) is 10.2 Å². The second-order valence-corrected chi connectivity index (χ2v) is 11.9. The molecule has 1 amide bonds. The Balaban J connectivity index is 1.62. The number of carbonyl (C=O) groups is 1. The maximum absolute atomic E-state index is 13.5. The van der Waals surface area contributed by atoms with Gasteiger partial charge in [-0.25, -0.2) is 13.4 Å². The van der Waals surface area contributed by atoms with E-state index in [1.54, 1.807) is 30.1 Å². The van der Waals surface area contributed by atoms with Crippen LogP contribution in [-0.2, 0) is 10.0 Å². The number of aromatic nitrogens is 1. The number of hydrogen-bond donors (Lipinski definition) is 0. The van der Waals surface area contributed by atoms with Gasteiger partial charge < -0.3 is 4.90 Å². The van der Waals surface area contributed by atoms with Gasteiger partial charge in [-0.1, -0.05) is 29.0 Å². The molecule has 0 bridgehead atoms. The van der Waals surface area contributed by atoms with Gasteiger partial charge in [0.25, 0.3) is 5.91 Å². The van der Waals surface area contributed by atoms with Gasteiger partial charge in [-0.3, -0.25) is 9.69 Å². The zero-order valence-electron chi connectivity index (χ0n) is 18.9. The molecule has 1 saturated carbocycles. The average Bonchev–Trinajstić information content (AvgIpc) is 3.54. The van der Waals surface area contributed by atoms with E-state index in [-0.39, 0.29) is 16.8 Å². The Labute approximate surface area is 203 Å². The van der Waals surface area contributed by atoms with Crippen LogP contribution in [0.4, 0.5) is 5.13 Å². The fourth-order valence-corrected chi connectivity index (χ4v) is 6.28. The van der Waals surface area contributed by atoms with E-state index in [4.69, 9.17) is 11.6 Å². The number of anilines is 1. The topological polar surface area (TPSA) is 73.8 Å². The second-order valence-electron chi connectivity index (χ2n) is 8.47. The summed E-state index contributed by atoms with van der Waals surface area (Å²) < 4.78 is 27.9. The predicted molar refractivity (Wildman–Crippen MR) is 134 cm³/mol. The minimum Gasteiger partial charge on any atom is -0.309 e. The van der Waals surface area contributed by atoms with Crippen LogP contribution in [0.2, 0.25) is 5.02 Å². The molecule has 7 nitrogen and oxygen atoms in total. The van der Waals surface area contributed by atoms with Crippen LogP contribution in [0, 0.1) is 0 Å². The van der Waals surface area contributed by atoms with Crippen LogP contribution in [0.5, 0.6) is 0 Å². The van der Waals surface area contributed by atoms with Crippen molar-refractivity contribution < 1.29 is 13.2 Å². The van der Waals surface area contributed by atoms with Gasteiger partial charge in [-0.2, -0.15) is 4.31 Å². The lowest BCUT2D eigenvalue weighted by atomic mass is 10.2. The van der Waals surface area contributed by atoms with E-state index in [1.165, 1.54) is 27.8 Å².